The first-order valence-electron chi connectivity index (χ1n) is 5.07. The number of thiazole rings is 1. The zero-order valence-corrected chi connectivity index (χ0v) is 10.7. The van der Waals surface area contributed by atoms with E-state index in [9.17, 15) is 4.79 Å². The Morgan fingerprint density at radius 3 is 2.53 bits per heavy atom. The van der Waals surface area contributed by atoms with Gasteiger partial charge in [-0.3, -0.25) is 4.79 Å². The molecule has 0 saturated carbocycles. The first-order valence-corrected chi connectivity index (χ1v) is 5.95. The van der Waals surface area contributed by atoms with Crippen LogP contribution in [0.15, 0.2) is 5.38 Å². The van der Waals surface area contributed by atoms with E-state index in [1.165, 1.54) is 0 Å². The van der Waals surface area contributed by atoms with E-state index in [0.29, 0.717) is 0 Å². The second kappa shape index (κ2) is 4.31. The summed E-state index contributed by atoms with van der Waals surface area (Å²) < 4.78 is 0. The summed E-state index contributed by atoms with van der Waals surface area (Å²) in [5.41, 5.74) is 0.627. The highest BCUT2D eigenvalue weighted by atomic mass is 32.1. The van der Waals surface area contributed by atoms with E-state index in [4.69, 9.17) is 0 Å². The summed E-state index contributed by atoms with van der Waals surface area (Å²) in [5.74, 6) is 0.0678. The number of carbonyl (C=O) groups excluding carboxylic acids is 1. The van der Waals surface area contributed by atoms with E-state index in [-0.39, 0.29) is 17.4 Å². The Labute approximate surface area is 94.9 Å². The summed E-state index contributed by atoms with van der Waals surface area (Å²) in [6, 6.07) is 0. The SMILES string of the molecule is Cc1csc(C(C)(C)NC(=O)C(C)C)n1. The summed E-state index contributed by atoms with van der Waals surface area (Å²) in [4.78, 5) is 16.0. The third-order valence-corrected chi connectivity index (χ3v) is 3.40. The largest absolute Gasteiger partial charge is 0.344 e. The molecule has 15 heavy (non-hydrogen) atoms. The van der Waals surface area contributed by atoms with E-state index in [2.05, 4.69) is 10.3 Å². The van der Waals surface area contributed by atoms with E-state index in [1.54, 1.807) is 11.3 Å². The maximum atomic E-state index is 11.6. The molecule has 0 aliphatic rings. The summed E-state index contributed by atoms with van der Waals surface area (Å²) in [6.07, 6.45) is 0. The maximum absolute atomic E-state index is 11.6. The summed E-state index contributed by atoms with van der Waals surface area (Å²) in [5, 5.41) is 5.95. The van der Waals surface area contributed by atoms with Crippen molar-refractivity contribution in [1.29, 1.82) is 0 Å². The third-order valence-electron chi connectivity index (χ3n) is 2.11. The van der Waals surface area contributed by atoms with Crippen LogP contribution in [0.2, 0.25) is 0 Å². The second-order valence-electron chi connectivity index (χ2n) is 4.56. The van der Waals surface area contributed by atoms with Gasteiger partial charge in [0.2, 0.25) is 5.91 Å². The molecule has 0 bridgehead atoms. The van der Waals surface area contributed by atoms with Crippen LogP contribution in [0.25, 0.3) is 0 Å². The van der Waals surface area contributed by atoms with E-state index in [1.807, 2.05) is 40.0 Å². The lowest BCUT2D eigenvalue weighted by Crippen LogP contribution is -2.42. The molecule has 0 radical (unpaired) electrons. The van der Waals surface area contributed by atoms with Crippen LogP contribution < -0.4 is 5.32 Å². The normalized spacial score (nSPS) is 11.9. The van der Waals surface area contributed by atoms with E-state index < -0.39 is 0 Å². The first-order chi connectivity index (χ1) is 6.83. The van der Waals surface area contributed by atoms with Crippen molar-refractivity contribution in [3.63, 3.8) is 0 Å². The Morgan fingerprint density at radius 2 is 2.13 bits per heavy atom. The minimum absolute atomic E-state index is 0.00494. The molecule has 1 amide bonds. The molecule has 4 heteroatoms. The van der Waals surface area contributed by atoms with Gasteiger partial charge in [-0.15, -0.1) is 11.3 Å². The van der Waals surface area contributed by atoms with Crippen LogP contribution in [-0.4, -0.2) is 10.9 Å². The van der Waals surface area contributed by atoms with Crippen LogP contribution in [0, 0.1) is 12.8 Å². The lowest BCUT2D eigenvalue weighted by molar-refractivity contribution is -0.125. The molecule has 1 aromatic rings. The molecular weight excluding hydrogens is 208 g/mol. The van der Waals surface area contributed by atoms with Crippen LogP contribution >= 0.6 is 11.3 Å². The minimum Gasteiger partial charge on any atom is -0.344 e. The number of nitrogens with zero attached hydrogens (tertiary/aromatic N) is 1. The predicted octanol–water partition coefficient (Wildman–Crippen LogP) is 2.46. The number of nitrogens with one attached hydrogen (secondary N) is 1. The Hall–Kier alpha value is -0.900. The summed E-state index contributed by atoms with van der Waals surface area (Å²) >= 11 is 1.58. The molecule has 0 fully saturated rings. The minimum atomic E-state index is -0.375. The third kappa shape index (κ3) is 3.02. The first kappa shape index (κ1) is 12.2. The van der Waals surface area contributed by atoms with Gasteiger partial charge in [-0.1, -0.05) is 13.8 Å². The molecule has 3 nitrogen and oxygen atoms in total. The molecule has 0 spiro atoms. The van der Waals surface area contributed by atoms with Crippen LogP contribution in [0.5, 0.6) is 0 Å². The van der Waals surface area contributed by atoms with Crippen molar-refractivity contribution in [1.82, 2.24) is 10.3 Å². The number of rotatable bonds is 3. The van der Waals surface area contributed by atoms with Crippen LogP contribution in [0.1, 0.15) is 38.4 Å². The number of hydrogen-bond donors (Lipinski definition) is 1. The zero-order valence-electron chi connectivity index (χ0n) is 9.92. The lowest BCUT2D eigenvalue weighted by Gasteiger charge is -2.24. The molecule has 0 aliphatic carbocycles. The van der Waals surface area contributed by atoms with Crippen molar-refractivity contribution in [2.45, 2.75) is 40.2 Å². The predicted molar refractivity (Wildman–Crippen MR) is 62.9 cm³/mol. The second-order valence-corrected chi connectivity index (χ2v) is 5.42. The summed E-state index contributed by atoms with van der Waals surface area (Å²) in [7, 11) is 0. The number of aromatic nitrogens is 1. The Bertz CT molecular complexity index is 355. The highest BCUT2D eigenvalue weighted by Crippen LogP contribution is 2.23. The molecule has 0 aromatic carbocycles. The van der Waals surface area contributed by atoms with Crippen LogP contribution in [0.4, 0.5) is 0 Å². The molecule has 1 heterocycles. The van der Waals surface area contributed by atoms with Gasteiger partial charge in [0.1, 0.15) is 5.01 Å². The van der Waals surface area contributed by atoms with Crippen molar-refractivity contribution in [2.75, 3.05) is 0 Å². The fourth-order valence-corrected chi connectivity index (χ4v) is 2.02. The van der Waals surface area contributed by atoms with Crippen molar-refractivity contribution in [2.24, 2.45) is 5.92 Å². The molecule has 0 aliphatic heterocycles. The van der Waals surface area contributed by atoms with Crippen LogP contribution in [0.3, 0.4) is 0 Å². The van der Waals surface area contributed by atoms with Gasteiger partial charge < -0.3 is 5.32 Å². The van der Waals surface area contributed by atoms with Gasteiger partial charge in [0.15, 0.2) is 0 Å². The van der Waals surface area contributed by atoms with Gasteiger partial charge in [0.05, 0.1) is 5.54 Å². The van der Waals surface area contributed by atoms with Crippen molar-refractivity contribution < 1.29 is 4.79 Å². The van der Waals surface area contributed by atoms with Gasteiger partial charge in [-0.2, -0.15) is 0 Å². The maximum Gasteiger partial charge on any atom is 0.223 e. The highest BCUT2D eigenvalue weighted by Gasteiger charge is 2.26. The van der Waals surface area contributed by atoms with E-state index in [0.717, 1.165) is 10.7 Å². The van der Waals surface area contributed by atoms with Gasteiger partial charge in [-0.25, -0.2) is 4.98 Å². The fourth-order valence-electron chi connectivity index (χ4n) is 1.15. The number of aryl methyl sites for hydroxylation is 1. The number of carbonyl (C=O) groups is 1. The topological polar surface area (TPSA) is 42.0 Å². The molecule has 84 valence electrons. The van der Waals surface area contributed by atoms with Gasteiger partial charge in [-0.05, 0) is 20.8 Å². The quantitative estimate of drug-likeness (QED) is 0.860. The van der Waals surface area contributed by atoms with Crippen molar-refractivity contribution in [3.8, 4) is 0 Å². The van der Waals surface area contributed by atoms with Crippen molar-refractivity contribution in [3.05, 3.63) is 16.1 Å². The molecule has 1 rings (SSSR count). The van der Waals surface area contributed by atoms with Gasteiger partial charge in [0, 0.05) is 17.0 Å². The smallest absolute Gasteiger partial charge is 0.223 e. The number of hydrogen-bond acceptors (Lipinski definition) is 3. The molecule has 1 N–H and O–H groups in total. The van der Waals surface area contributed by atoms with Gasteiger partial charge in [0.25, 0.3) is 0 Å². The van der Waals surface area contributed by atoms with Crippen LogP contribution in [-0.2, 0) is 10.3 Å². The molecule has 0 saturated heterocycles. The number of amides is 1. The average Bonchev–Trinajstić information content (AvgIpc) is 2.51. The lowest BCUT2D eigenvalue weighted by atomic mass is 10.1. The Kier molecular flexibility index (Phi) is 3.50. The van der Waals surface area contributed by atoms with Gasteiger partial charge >= 0.3 is 0 Å². The molecular formula is C11H18N2OS. The van der Waals surface area contributed by atoms with Crippen molar-refractivity contribution >= 4 is 17.2 Å². The molecule has 0 atom stereocenters. The standard InChI is InChI=1S/C11H18N2OS/c1-7(2)9(14)13-11(4,5)10-12-8(3)6-15-10/h6-7H,1-5H3,(H,13,14). The van der Waals surface area contributed by atoms with E-state index >= 15 is 0 Å². The Morgan fingerprint density at radius 1 is 1.53 bits per heavy atom. The highest BCUT2D eigenvalue weighted by molar-refractivity contribution is 7.09. The molecule has 1 aromatic heterocycles. The Balaban J connectivity index is 2.79. The fraction of sp³-hybridized carbons (Fsp3) is 0.636. The average molecular weight is 226 g/mol. The summed E-state index contributed by atoms with van der Waals surface area (Å²) in [6.45, 7) is 9.69. The monoisotopic (exact) mass is 226 g/mol. The zero-order chi connectivity index (χ0) is 11.6. The molecule has 0 unspecified atom stereocenters.